The molecule has 1 saturated heterocycles. The van der Waals surface area contributed by atoms with Crippen LogP contribution in [0, 0.1) is 11.7 Å². The minimum Gasteiger partial charge on any atom is -0.496 e. The van der Waals surface area contributed by atoms with E-state index in [9.17, 15) is 4.39 Å². The Morgan fingerprint density at radius 2 is 1.87 bits per heavy atom. The van der Waals surface area contributed by atoms with Crippen LogP contribution in [0.1, 0.15) is 43.7 Å². The Kier molecular flexibility index (Phi) is 7.12. The third kappa shape index (κ3) is 4.37. The molecular weight excluding hydrogens is 315 g/mol. The lowest BCUT2D eigenvalue weighted by Crippen LogP contribution is -2.47. The molecule has 0 spiro atoms. The van der Waals surface area contributed by atoms with Gasteiger partial charge in [-0.1, -0.05) is 25.3 Å². The Labute approximate surface area is 145 Å². The molecule has 130 valence electrons. The van der Waals surface area contributed by atoms with E-state index in [1.54, 1.807) is 13.2 Å². The van der Waals surface area contributed by atoms with Crippen molar-refractivity contribution < 1.29 is 9.13 Å². The molecule has 1 N–H and O–H groups in total. The molecule has 0 bridgehead atoms. The highest BCUT2D eigenvalue weighted by molar-refractivity contribution is 5.85. The van der Waals surface area contributed by atoms with Crippen LogP contribution in [0.25, 0.3) is 0 Å². The van der Waals surface area contributed by atoms with E-state index in [2.05, 4.69) is 10.2 Å². The molecule has 23 heavy (non-hydrogen) atoms. The summed E-state index contributed by atoms with van der Waals surface area (Å²) in [6.07, 6.45) is 6.53. The van der Waals surface area contributed by atoms with Crippen molar-refractivity contribution in [2.24, 2.45) is 5.92 Å². The quantitative estimate of drug-likeness (QED) is 0.901. The van der Waals surface area contributed by atoms with Crippen LogP contribution in [0.15, 0.2) is 18.2 Å². The Balaban J connectivity index is 0.00000192. The summed E-state index contributed by atoms with van der Waals surface area (Å²) >= 11 is 0. The smallest absolute Gasteiger partial charge is 0.126 e. The fourth-order valence-corrected chi connectivity index (χ4v) is 4.09. The normalized spacial score (nSPS) is 21.5. The Morgan fingerprint density at radius 1 is 1.17 bits per heavy atom. The maximum atomic E-state index is 13.6. The van der Waals surface area contributed by atoms with E-state index in [0.29, 0.717) is 17.7 Å². The summed E-state index contributed by atoms with van der Waals surface area (Å²) in [4.78, 5) is 2.57. The summed E-state index contributed by atoms with van der Waals surface area (Å²) in [6.45, 7) is 4.18. The topological polar surface area (TPSA) is 24.5 Å². The van der Waals surface area contributed by atoms with E-state index in [1.807, 2.05) is 6.07 Å². The molecule has 0 aromatic heterocycles. The summed E-state index contributed by atoms with van der Waals surface area (Å²) in [5.41, 5.74) is 1.16. The maximum absolute atomic E-state index is 13.6. The van der Waals surface area contributed by atoms with Crippen LogP contribution in [0.3, 0.4) is 0 Å². The van der Waals surface area contributed by atoms with E-state index in [1.165, 1.54) is 38.2 Å². The number of hydrogen-bond acceptors (Lipinski definition) is 3. The predicted molar refractivity (Wildman–Crippen MR) is 94.0 cm³/mol. The van der Waals surface area contributed by atoms with Gasteiger partial charge in [0.15, 0.2) is 0 Å². The first kappa shape index (κ1) is 18.5. The van der Waals surface area contributed by atoms with Crippen LogP contribution < -0.4 is 10.1 Å². The van der Waals surface area contributed by atoms with Crippen molar-refractivity contribution in [2.45, 2.75) is 38.1 Å². The highest BCUT2D eigenvalue weighted by atomic mass is 35.5. The predicted octanol–water partition coefficient (Wildman–Crippen LogP) is 3.78. The first-order valence-electron chi connectivity index (χ1n) is 8.58. The number of nitrogens with zero attached hydrogens (tertiary/aromatic N) is 1. The van der Waals surface area contributed by atoms with Gasteiger partial charge in [-0.25, -0.2) is 4.39 Å². The first-order chi connectivity index (χ1) is 10.8. The Bertz CT molecular complexity index is 470. The minimum absolute atomic E-state index is 0. The number of methoxy groups -OCH3 is 1. The highest BCUT2D eigenvalue weighted by Gasteiger charge is 2.32. The third-order valence-corrected chi connectivity index (χ3v) is 5.16. The summed E-state index contributed by atoms with van der Waals surface area (Å²) in [5.74, 6) is 1.14. The van der Waals surface area contributed by atoms with Crippen LogP contribution in [-0.2, 0) is 0 Å². The van der Waals surface area contributed by atoms with Crippen molar-refractivity contribution in [2.75, 3.05) is 33.3 Å². The monoisotopic (exact) mass is 342 g/mol. The molecule has 5 heteroatoms. The second kappa shape index (κ2) is 8.86. The Morgan fingerprint density at radius 3 is 2.52 bits per heavy atom. The molecular formula is C18H28ClFN2O. The summed E-state index contributed by atoms with van der Waals surface area (Å²) in [6, 6.07) is 5.41. The van der Waals surface area contributed by atoms with Crippen molar-refractivity contribution >= 4 is 12.4 Å². The molecule has 0 radical (unpaired) electrons. The van der Waals surface area contributed by atoms with Crippen molar-refractivity contribution in [1.29, 1.82) is 0 Å². The zero-order valence-electron chi connectivity index (χ0n) is 13.9. The standard InChI is InChI=1S/C18H27FN2O.ClH/c1-22-17-13-15(19)7-8-16(17)18(14-5-3-2-4-6-14)21-11-9-20-10-12-21;/h7-8,13-14,18,20H,2-6,9-12H2,1H3;1H/t18-;/m0./s1. The van der Waals surface area contributed by atoms with E-state index >= 15 is 0 Å². The van der Waals surface area contributed by atoms with Gasteiger partial charge < -0.3 is 10.1 Å². The lowest BCUT2D eigenvalue weighted by Gasteiger charge is -2.41. The number of ether oxygens (including phenoxy) is 1. The molecule has 1 heterocycles. The molecule has 1 aromatic carbocycles. The highest BCUT2D eigenvalue weighted by Crippen LogP contribution is 2.41. The zero-order valence-corrected chi connectivity index (χ0v) is 14.7. The van der Waals surface area contributed by atoms with E-state index in [0.717, 1.165) is 31.7 Å². The first-order valence-corrected chi connectivity index (χ1v) is 8.58. The fraction of sp³-hybridized carbons (Fsp3) is 0.667. The molecule has 0 unspecified atom stereocenters. The molecule has 1 aliphatic heterocycles. The van der Waals surface area contributed by atoms with Gasteiger partial charge >= 0.3 is 0 Å². The molecule has 3 rings (SSSR count). The number of benzene rings is 1. The second-order valence-corrected chi connectivity index (χ2v) is 6.52. The lowest BCUT2D eigenvalue weighted by atomic mass is 9.80. The van der Waals surface area contributed by atoms with Crippen molar-refractivity contribution in [3.63, 3.8) is 0 Å². The average molecular weight is 343 g/mol. The van der Waals surface area contributed by atoms with Gasteiger partial charge in [0.25, 0.3) is 0 Å². The van der Waals surface area contributed by atoms with Crippen molar-refractivity contribution in [1.82, 2.24) is 10.2 Å². The summed E-state index contributed by atoms with van der Waals surface area (Å²) < 4.78 is 19.1. The lowest BCUT2D eigenvalue weighted by molar-refractivity contribution is 0.101. The largest absolute Gasteiger partial charge is 0.496 e. The molecule has 1 aromatic rings. The molecule has 1 atom stereocenters. The van der Waals surface area contributed by atoms with Gasteiger partial charge in [0.1, 0.15) is 11.6 Å². The number of nitrogens with one attached hydrogen (secondary N) is 1. The molecule has 1 saturated carbocycles. The van der Waals surface area contributed by atoms with E-state index in [4.69, 9.17) is 4.74 Å². The van der Waals surface area contributed by atoms with Crippen LogP contribution >= 0.6 is 12.4 Å². The zero-order chi connectivity index (χ0) is 15.4. The number of halogens is 2. The van der Waals surface area contributed by atoms with E-state index < -0.39 is 0 Å². The van der Waals surface area contributed by atoms with Gasteiger partial charge in [-0.15, -0.1) is 12.4 Å². The average Bonchev–Trinajstić information content (AvgIpc) is 2.58. The molecule has 2 aliphatic rings. The summed E-state index contributed by atoms with van der Waals surface area (Å²) in [7, 11) is 1.65. The molecule has 2 fully saturated rings. The number of hydrogen-bond donors (Lipinski definition) is 1. The van der Waals surface area contributed by atoms with Crippen LogP contribution in [0.4, 0.5) is 4.39 Å². The molecule has 1 aliphatic carbocycles. The van der Waals surface area contributed by atoms with Crippen molar-refractivity contribution in [3.05, 3.63) is 29.6 Å². The van der Waals surface area contributed by atoms with Gasteiger partial charge in [0, 0.05) is 43.9 Å². The maximum Gasteiger partial charge on any atom is 0.126 e. The summed E-state index contributed by atoms with van der Waals surface area (Å²) in [5, 5.41) is 3.43. The molecule has 0 amide bonds. The second-order valence-electron chi connectivity index (χ2n) is 6.52. The van der Waals surface area contributed by atoms with Gasteiger partial charge in [0.2, 0.25) is 0 Å². The van der Waals surface area contributed by atoms with Crippen molar-refractivity contribution in [3.8, 4) is 5.75 Å². The van der Waals surface area contributed by atoms with Gasteiger partial charge in [-0.3, -0.25) is 4.90 Å². The van der Waals surface area contributed by atoms with Gasteiger partial charge in [-0.2, -0.15) is 0 Å². The van der Waals surface area contributed by atoms with Gasteiger partial charge in [0.05, 0.1) is 7.11 Å². The fourth-order valence-electron chi connectivity index (χ4n) is 4.09. The van der Waals surface area contributed by atoms with Crippen LogP contribution in [0.5, 0.6) is 5.75 Å². The molecule has 3 nitrogen and oxygen atoms in total. The number of piperazine rings is 1. The van der Waals surface area contributed by atoms with E-state index in [-0.39, 0.29) is 18.2 Å². The van der Waals surface area contributed by atoms with Crippen LogP contribution in [0.2, 0.25) is 0 Å². The SMILES string of the molecule is COc1cc(F)ccc1[C@H](C1CCCCC1)N1CCNCC1.Cl. The van der Waals surface area contributed by atoms with Crippen LogP contribution in [-0.4, -0.2) is 38.2 Å². The Hall–Kier alpha value is -0.840. The number of rotatable bonds is 4. The van der Waals surface area contributed by atoms with Gasteiger partial charge in [-0.05, 0) is 24.8 Å². The minimum atomic E-state index is -0.219. The third-order valence-electron chi connectivity index (χ3n) is 5.16.